The van der Waals surface area contributed by atoms with E-state index in [9.17, 15) is 0 Å². The highest BCUT2D eigenvalue weighted by molar-refractivity contribution is 6.33. The average Bonchev–Trinajstić information content (AvgIpc) is 2.97. The summed E-state index contributed by atoms with van der Waals surface area (Å²) in [6, 6.07) is 4.42. The molecule has 0 aliphatic heterocycles. The van der Waals surface area contributed by atoms with Gasteiger partial charge in [0.15, 0.2) is 11.5 Å². The third-order valence-electron chi connectivity index (χ3n) is 3.92. The molecule has 1 aliphatic rings. The molecular formula is C15H23ClN2O2. The van der Waals surface area contributed by atoms with E-state index in [1.54, 1.807) is 14.2 Å². The molecule has 1 fully saturated rings. The molecule has 1 atom stereocenters. The van der Waals surface area contributed by atoms with Crippen molar-refractivity contribution in [1.82, 2.24) is 5.32 Å². The molecule has 1 saturated carbocycles. The molecule has 3 N–H and O–H groups in total. The Labute approximate surface area is 125 Å². The van der Waals surface area contributed by atoms with Crippen molar-refractivity contribution >= 4 is 11.6 Å². The Morgan fingerprint density at radius 3 is 2.55 bits per heavy atom. The van der Waals surface area contributed by atoms with E-state index < -0.39 is 0 Å². The molecule has 0 bridgehead atoms. The lowest BCUT2D eigenvalue weighted by Gasteiger charge is -2.24. The first-order valence-corrected chi connectivity index (χ1v) is 7.45. The second-order valence-corrected chi connectivity index (χ2v) is 5.52. The second-order valence-electron chi connectivity index (χ2n) is 5.14. The van der Waals surface area contributed by atoms with E-state index in [1.807, 2.05) is 12.1 Å². The summed E-state index contributed by atoms with van der Waals surface area (Å²) < 4.78 is 10.6. The zero-order valence-electron chi connectivity index (χ0n) is 12.1. The zero-order valence-corrected chi connectivity index (χ0v) is 12.9. The Bertz CT molecular complexity index is 448. The number of nitrogens with one attached hydrogen (secondary N) is 1. The molecule has 1 aliphatic carbocycles. The smallest absolute Gasteiger partial charge is 0.179 e. The molecule has 2 rings (SSSR count). The van der Waals surface area contributed by atoms with Crippen molar-refractivity contribution in [2.24, 2.45) is 5.73 Å². The number of hydrogen-bond acceptors (Lipinski definition) is 4. The first-order chi connectivity index (χ1) is 9.71. The topological polar surface area (TPSA) is 56.5 Å². The van der Waals surface area contributed by atoms with Gasteiger partial charge in [-0.05, 0) is 24.5 Å². The highest BCUT2D eigenvalue weighted by Crippen LogP contribution is 2.39. The Kier molecular flexibility index (Phi) is 5.52. The van der Waals surface area contributed by atoms with E-state index >= 15 is 0 Å². The van der Waals surface area contributed by atoms with E-state index in [4.69, 9.17) is 26.8 Å². The summed E-state index contributed by atoms with van der Waals surface area (Å²) in [5, 5.41) is 4.18. The van der Waals surface area contributed by atoms with Crippen molar-refractivity contribution in [3.8, 4) is 11.5 Å². The lowest BCUT2D eigenvalue weighted by Crippen LogP contribution is -2.35. The normalized spacial score (nSPS) is 17.2. The third-order valence-corrected chi connectivity index (χ3v) is 4.31. The Hall–Kier alpha value is -0.970. The van der Waals surface area contributed by atoms with E-state index in [-0.39, 0.29) is 6.04 Å². The van der Waals surface area contributed by atoms with Gasteiger partial charge < -0.3 is 20.5 Å². The molecule has 0 saturated heterocycles. The molecule has 0 aromatic heterocycles. The van der Waals surface area contributed by atoms with Crippen LogP contribution in [0.15, 0.2) is 12.1 Å². The average molecular weight is 299 g/mol. The quantitative estimate of drug-likeness (QED) is 0.848. The molecule has 1 aromatic rings. The molecule has 1 aromatic carbocycles. The van der Waals surface area contributed by atoms with Crippen LogP contribution in [0.1, 0.15) is 37.3 Å². The zero-order chi connectivity index (χ0) is 14.5. The van der Waals surface area contributed by atoms with Crippen LogP contribution in [0, 0.1) is 0 Å². The molecule has 4 nitrogen and oxygen atoms in total. The Morgan fingerprint density at radius 1 is 1.30 bits per heavy atom. The van der Waals surface area contributed by atoms with Crippen LogP contribution in [0.4, 0.5) is 0 Å². The first-order valence-electron chi connectivity index (χ1n) is 7.07. The van der Waals surface area contributed by atoms with Gasteiger partial charge in [-0.25, -0.2) is 0 Å². The maximum atomic E-state index is 6.45. The van der Waals surface area contributed by atoms with Crippen molar-refractivity contribution in [3.63, 3.8) is 0 Å². The van der Waals surface area contributed by atoms with Crippen LogP contribution < -0.4 is 20.5 Å². The molecule has 112 valence electrons. The number of benzene rings is 1. The van der Waals surface area contributed by atoms with Gasteiger partial charge in [-0.3, -0.25) is 0 Å². The number of halogens is 1. The van der Waals surface area contributed by atoms with Crippen LogP contribution in [-0.4, -0.2) is 26.8 Å². The summed E-state index contributed by atoms with van der Waals surface area (Å²) in [5.41, 5.74) is 6.89. The summed E-state index contributed by atoms with van der Waals surface area (Å²) in [6.07, 6.45) is 4.99. The largest absolute Gasteiger partial charge is 0.493 e. The molecule has 0 radical (unpaired) electrons. The maximum absolute atomic E-state index is 6.45. The monoisotopic (exact) mass is 298 g/mol. The van der Waals surface area contributed by atoms with Crippen molar-refractivity contribution < 1.29 is 9.47 Å². The molecular weight excluding hydrogens is 276 g/mol. The van der Waals surface area contributed by atoms with Gasteiger partial charge in [0.05, 0.1) is 19.2 Å². The number of rotatable bonds is 6. The predicted molar refractivity (Wildman–Crippen MR) is 81.7 cm³/mol. The highest BCUT2D eigenvalue weighted by Gasteiger charge is 2.23. The number of ether oxygens (including phenoxy) is 2. The van der Waals surface area contributed by atoms with Crippen LogP contribution in [0.3, 0.4) is 0 Å². The fourth-order valence-corrected chi connectivity index (χ4v) is 3.20. The van der Waals surface area contributed by atoms with Crippen LogP contribution >= 0.6 is 11.6 Å². The van der Waals surface area contributed by atoms with Crippen molar-refractivity contribution in [2.75, 3.05) is 20.8 Å². The fourth-order valence-electron chi connectivity index (χ4n) is 2.84. The third kappa shape index (κ3) is 3.19. The lowest BCUT2D eigenvalue weighted by atomic mass is 10.0. The van der Waals surface area contributed by atoms with Gasteiger partial charge in [0.2, 0.25) is 0 Å². The summed E-state index contributed by atoms with van der Waals surface area (Å²) in [7, 11) is 3.19. The Morgan fingerprint density at radius 2 is 2.00 bits per heavy atom. The predicted octanol–water partition coefficient (Wildman–Crippen LogP) is 2.89. The number of methoxy groups -OCH3 is 2. The highest BCUT2D eigenvalue weighted by atomic mass is 35.5. The Balaban J connectivity index is 2.24. The minimum absolute atomic E-state index is 0.0467. The minimum atomic E-state index is 0.0467. The molecule has 0 spiro atoms. The van der Waals surface area contributed by atoms with Gasteiger partial charge in [0.25, 0.3) is 0 Å². The fraction of sp³-hybridized carbons (Fsp3) is 0.600. The van der Waals surface area contributed by atoms with Crippen LogP contribution in [0.5, 0.6) is 11.5 Å². The molecule has 1 unspecified atom stereocenters. The van der Waals surface area contributed by atoms with Crippen LogP contribution in [0.2, 0.25) is 5.02 Å². The first kappa shape index (κ1) is 15.4. The van der Waals surface area contributed by atoms with Gasteiger partial charge >= 0.3 is 0 Å². The summed E-state index contributed by atoms with van der Waals surface area (Å²) in [4.78, 5) is 0. The van der Waals surface area contributed by atoms with E-state index in [2.05, 4.69) is 5.32 Å². The summed E-state index contributed by atoms with van der Waals surface area (Å²) in [5.74, 6) is 1.20. The number of nitrogens with two attached hydrogens (primary N) is 1. The van der Waals surface area contributed by atoms with Gasteiger partial charge in [0, 0.05) is 18.6 Å². The van der Waals surface area contributed by atoms with E-state index in [0.29, 0.717) is 29.1 Å². The minimum Gasteiger partial charge on any atom is -0.493 e. The molecule has 20 heavy (non-hydrogen) atoms. The van der Waals surface area contributed by atoms with Crippen molar-refractivity contribution in [3.05, 3.63) is 22.7 Å². The van der Waals surface area contributed by atoms with Gasteiger partial charge in [0.1, 0.15) is 0 Å². The van der Waals surface area contributed by atoms with E-state index in [1.165, 1.54) is 25.7 Å². The number of hydrogen-bond donors (Lipinski definition) is 2. The maximum Gasteiger partial charge on any atom is 0.179 e. The molecule has 0 heterocycles. The van der Waals surface area contributed by atoms with E-state index in [0.717, 1.165) is 5.56 Å². The van der Waals surface area contributed by atoms with Gasteiger partial charge in [-0.15, -0.1) is 0 Å². The van der Waals surface area contributed by atoms with Crippen molar-refractivity contribution in [2.45, 2.75) is 37.8 Å². The summed E-state index contributed by atoms with van der Waals surface area (Å²) in [6.45, 7) is 0.506. The SMILES string of the molecule is COc1ccc(C(CN)NC2CCCC2)c(Cl)c1OC. The van der Waals surface area contributed by atoms with Crippen LogP contribution in [-0.2, 0) is 0 Å². The van der Waals surface area contributed by atoms with Crippen LogP contribution in [0.25, 0.3) is 0 Å². The van der Waals surface area contributed by atoms with Crippen molar-refractivity contribution in [1.29, 1.82) is 0 Å². The standard InChI is InChI=1S/C15H23ClN2O2/c1-19-13-8-7-11(14(16)15(13)20-2)12(9-17)18-10-5-3-4-6-10/h7-8,10,12,18H,3-6,9,17H2,1-2H3. The summed E-state index contributed by atoms with van der Waals surface area (Å²) >= 11 is 6.45. The van der Waals surface area contributed by atoms with Gasteiger partial charge in [-0.2, -0.15) is 0 Å². The lowest BCUT2D eigenvalue weighted by molar-refractivity contribution is 0.353. The second kappa shape index (κ2) is 7.16. The molecule has 5 heteroatoms. The van der Waals surface area contributed by atoms with Gasteiger partial charge in [-0.1, -0.05) is 30.5 Å². The molecule has 0 amide bonds.